The number of carboxylic acid groups (broad SMARTS) is 4. The van der Waals surface area contributed by atoms with E-state index >= 15 is 0 Å². The third-order valence-corrected chi connectivity index (χ3v) is 12.3. The maximum Gasteiger partial charge on any atom is 0.421 e. The van der Waals surface area contributed by atoms with Crippen LogP contribution in [-0.4, -0.2) is 160 Å². The van der Waals surface area contributed by atoms with Crippen LogP contribution >= 0.6 is 43.2 Å². The summed E-state index contributed by atoms with van der Waals surface area (Å²) in [6.45, 7) is 2.26. The van der Waals surface area contributed by atoms with Crippen molar-refractivity contribution in [1.82, 2.24) is 42.8 Å². The molecule has 0 radical (unpaired) electrons. The molecule has 0 aromatic rings. The van der Waals surface area contributed by atoms with Gasteiger partial charge in [-0.1, -0.05) is 50.1 Å². The third-order valence-electron chi connectivity index (χ3n) is 7.28. The summed E-state index contributed by atoms with van der Waals surface area (Å²) in [5.74, 6) is -9.24. The molecule has 0 aromatic heterocycles. The number of aliphatic carboxylic acids is 4. The van der Waals surface area contributed by atoms with Crippen molar-refractivity contribution < 1.29 is 73.1 Å². The second kappa shape index (κ2) is 32.6. The van der Waals surface area contributed by atoms with E-state index in [0.29, 0.717) is 18.6 Å². The molecule has 27 heteroatoms. The molecule has 5 atom stereocenters. The molecule has 0 fully saturated rings. The number of amides is 6. The number of hydrogen-bond donors (Lipinski definition) is 12. The minimum Gasteiger partial charge on any atom is -0.481 e. The average Bonchev–Trinajstić information content (AvgIpc) is 3.15. The van der Waals surface area contributed by atoms with Crippen LogP contribution in [0.5, 0.6) is 0 Å². The lowest BCUT2D eigenvalue weighted by Gasteiger charge is -2.25. The van der Waals surface area contributed by atoms with Gasteiger partial charge in [0.2, 0.25) is 29.5 Å². The fourth-order valence-corrected chi connectivity index (χ4v) is 8.52. The first-order chi connectivity index (χ1) is 27.9. The minimum absolute atomic E-state index is 0.0652. The standard InChI is InChI=1S/C32H54N8O15S4/c1-4-11-56-57-12-8-23(41)35-9-6-5-7-18(31(52)53)36-30(51)22(17-59-58-13-10-55-32(54)40-34-3)39-29(50)21(16-26(46)47)38-28(49)20(15-25(44)45)37-27(48)19(33-2)14-24(42)43/h18-22,33-34H,4-17H2,1-3H3,(H,35,41)(H,36,51)(H,37,48)(H,38,49)(H,39,50)(H,40,54)(H,42,43)(H,44,45)(H,46,47)(H,52,53)/t18-,19-,20-,21-,22-/m0/s1. The molecular weight excluding hydrogens is 865 g/mol. The van der Waals surface area contributed by atoms with E-state index in [9.17, 15) is 63.3 Å². The third kappa shape index (κ3) is 27.3. The number of likely N-dealkylation sites (N-methyl/N-ethyl adjacent to an activating group) is 1. The number of carbonyl (C=O) groups excluding carboxylic acids is 6. The zero-order valence-electron chi connectivity index (χ0n) is 32.7. The molecule has 0 saturated carbocycles. The van der Waals surface area contributed by atoms with E-state index in [0.717, 1.165) is 33.8 Å². The Morgan fingerprint density at radius 3 is 1.61 bits per heavy atom. The average molecular weight is 919 g/mol. The minimum atomic E-state index is -1.96. The SMILES string of the molecule is CCCSSCCC(=O)NCCCC[C@H](NC(=O)[C@H](CSSCCOC(=O)NNC)NC(=O)[C@H](CC(=O)O)NC(=O)[C@H](CC(=O)O)NC(=O)[C@H](CC(=O)O)NC)C(=O)O. The van der Waals surface area contributed by atoms with E-state index < -0.39 is 103 Å². The van der Waals surface area contributed by atoms with E-state index in [-0.39, 0.29) is 43.4 Å². The molecule has 0 aliphatic carbocycles. The molecule has 0 aliphatic heterocycles. The number of hydrogen-bond acceptors (Lipinski definition) is 17. The van der Waals surface area contributed by atoms with E-state index in [2.05, 4.69) is 49.7 Å². The van der Waals surface area contributed by atoms with Gasteiger partial charge in [-0.15, -0.1) is 0 Å². The van der Waals surface area contributed by atoms with E-state index in [1.807, 2.05) is 0 Å². The monoisotopic (exact) mass is 918 g/mol. The molecule has 0 unspecified atom stereocenters. The number of carbonyl (C=O) groups is 10. The van der Waals surface area contributed by atoms with Crippen LogP contribution in [0.2, 0.25) is 0 Å². The normalized spacial score (nSPS) is 13.3. The van der Waals surface area contributed by atoms with Crippen LogP contribution in [0.15, 0.2) is 0 Å². The van der Waals surface area contributed by atoms with Crippen molar-refractivity contribution in [3.05, 3.63) is 0 Å². The van der Waals surface area contributed by atoms with E-state index in [1.54, 1.807) is 21.6 Å². The van der Waals surface area contributed by atoms with Gasteiger partial charge in [0, 0.05) is 43.0 Å². The van der Waals surface area contributed by atoms with Crippen LogP contribution in [0.25, 0.3) is 0 Å². The van der Waals surface area contributed by atoms with Crippen molar-refractivity contribution in [1.29, 1.82) is 0 Å². The van der Waals surface area contributed by atoms with Gasteiger partial charge < -0.3 is 57.1 Å². The summed E-state index contributed by atoms with van der Waals surface area (Å²) in [7, 11) is 8.05. The zero-order valence-corrected chi connectivity index (χ0v) is 36.0. The Morgan fingerprint density at radius 1 is 0.593 bits per heavy atom. The molecule has 0 aromatic carbocycles. The Balaban J connectivity index is 5.91. The number of nitrogens with one attached hydrogen (secondary N) is 8. The van der Waals surface area contributed by atoms with Gasteiger partial charge in [-0.25, -0.2) is 15.0 Å². The van der Waals surface area contributed by atoms with Gasteiger partial charge in [0.15, 0.2) is 0 Å². The molecule has 6 amide bonds. The summed E-state index contributed by atoms with van der Waals surface area (Å²) in [4.78, 5) is 123. The highest BCUT2D eigenvalue weighted by molar-refractivity contribution is 8.77. The number of ether oxygens (including phenoxy) is 1. The predicted molar refractivity (Wildman–Crippen MR) is 220 cm³/mol. The largest absolute Gasteiger partial charge is 0.481 e. The molecule has 0 rings (SSSR count). The van der Waals surface area contributed by atoms with Crippen molar-refractivity contribution in [2.45, 2.75) is 88.5 Å². The second-order valence-electron chi connectivity index (χ2n) is 12.1. The summed E-state index contributed by atoms with van der Waals surface area (Å²) < 4.78 is 4.91. The van der Waals surface area contributed by atoms with E-state index in [1.165, 1.54) is 14.1 Å². The Bertz CT molecular complexity index is 1420. The Labute approximate surface area is 356 Å². The maximum atomic E-state index is 13.5. The number of unbranched alkanes of at least 4 members (excludes halogenated alkanes) is 1. The quantitative estimate of drug-likeness (QED) is 0.0203. The van der Waals surface area contributed by atoms with E-state index in [4.69, 9.17) is 9.84 Å². The van der Waals surface area contributed by atoms with Crippen LogP contribution in [0.1, 0.15) is 58.3 Å². The molecule has 59 heavy (non-hydrogen) atoms. The lowest BCUT2D eigenvalue weighted by Crippen LogP contribution is -2.59. The van der Waals surface area contributed by atoms with Crippen LogP contribution < -0.4 is 42.8 Å². The summed E-state index contributed by atoms with van der Waals surface area (Å²) in [6, 6.07) is -8.25. The van der Waals surface area contributed by atoms with Crippen molar-refractivity contribution in [3.63, 3.8) is 0 Å². The molecule has 23 nitrogen and oxygen atoms in total. The lowest BCUT2D eigenvalue weighted by molar-refractivity contribution is -0.144. The van der Waals surface area contributed by atoms with Gasteiger partial charge >= 0.3 is 30.0 Å². The molecule has 12 N–H and O–H groups in total. The predicted octanol–water partition coefficient (Wildman–Crippen LogP) is -1.27. The van der Waals surface area contributed by atoms with Crippen molar-refractivity contribution in [2.24, 2.45) is 0 Å². The van der Waals surface area contributed by atoms with Crippen LogP contribution in [-0.2, 0) is 47.9 Å². The Hall–Kier alpha value is -4.18. The summed E-state index contributed by atoms with van der Waals surface area (Å²) in [6.07, 6.45) is -1.71. The summed E-state index contributed by atoms with van der Waals surface area (Å²) in [5, 5.41) is 51.7. The molecule has 0 spiro atoms. The van der Waals surface area contributed by atoms with Crippen molar-refractivity contribution >= 4 is 103 Å². The molecule has 336 valence electrons. The smallest absolute Gasteiger partial charge is 0.421 e. The number of rotatable bonds is 34. The first kappa shape index (κ1) is 54.8. The molecule has 0 heterocycles. The molecular formula is C32H54N8O15S4. The van der Waals surface area contributed by atoms with Gasteiger partial charge in [-0.05, 0) is 32.7 Å². The highest BCUT2D eigenvalue weighted by Crippen LogP contribution is 2.23. The number of hydrazine groups is 1. The molecule has 0 bridgehead atoms. The fraction of sp³-hybridized carbons (Fsp3) is 0.688. The Kier molecular flexibility index (Phi) is 30.3. The second-order valence-corrected chi connectivity index (χ2v) is 17.4. The molecule has 0 aliphatic rings. The summed E-state index contributed by atoms with van der Waals surface area (Å²) >= 11 is 0. The zero-order chi connectivity index (χ0) is 44.8. The van der Waals surface area contributed by atoms with Gasteiger partial charge in [0.05, 0.1) is 25.3 Å². The van der Waals surface area contributed by atoms with Crippen LogP contribution in [0, 0.1) is 0 Å². The summed E-state index contributed by atoms with van der Waals surface area (Å²) in [5.41, 5.74) is 4.57. The van der Waals surface area contributed by atoms with Gasteiger partial charge in [-0.3, -0.25) is 43.8 Å². The molecule has 0 saturated heterocycles. The highest BCUT2D eigenvalue weighted by Gasteiger charge is 2.34. The Morgan fingerprint density at radius 2 is 1.08 bits per heavy atom. The first-order valence-corrected chi connectivity index (χ1v) is 23.0. The highest BCUT2D eigenvalue weighted by atomic mass is 33.1. The van der Waals surface area contributed by atoms with Gasteiger partial charge in [0.1, 0.15) is 30.8 Å². The fourth-order valence-electron chi connectivity index (χ4n) is 4.40. The van der Waals surface area contributed by atoms with Crippen LogP contribution in [0.3, 0.4) is 0 Å². The van der Waals surface area contributed by atoms with Crippen molar-refractivity contribution in [3.8, 4) is 0 Å². The topological polar surface area (TPSA) is 357 Å². The number of carboxylic acids is 4. The maximum absolute atomic E-state index is 13.5. The van der Waals surface area contributed by atoms with Crippen LogP contribution in [0.4, 0.5) is 4.79 Å². The first-order valence-electron chi connectivity index (χ1n) is 18.1. The van der Waals surface area contributed by atoms with Crippen molar-refractivity contribution in [2.75, 3.05) is 50.3 Å². The van der Waals surface area contributed by atoms with Gasteiger partial charge in [-0.2, -0.15) is 0 Å². The van der Waals surface area contributed by atoms with Gasteiger partial charge in [0.25, 0.3) is 0 Å². The lowest BCUT2D eigenvalue weighted by atomic mass is 10.1.